The molecule has 3 heteroatoms. The highest BCUT2D eigenvalue weighted by atomic mass is 16.5. The first-order valence-electron chi connectivity index (χ1n) is 5.35. The Morgan fingerprint density at radius 1 is 1.60 bits per heavy atom. The fourth-order valence-corrected chi connectivity index (χ4v) is 1.32. The second kappa shape index (κ2) is 4.43. The smallest absolute Gasteiger partial charge is 0.185 e. The van der Waals surface area contributed by atoms with E-state index >= 15 is 0 Å². The van der Waals surface area contributed by atoms with Crippen LogP contribution in [0, 0.1) is 12.8 Å². The summed E-state index contributed by atoms with van der Waals surface area (Å²) in [4.78, 5) is 8.57. The number of hydrogen-bond acceptors (Lipinski definition) is 3. The van der Waals surface area contributed by atoms with Crippen molar-refractivity contribution in [3.05, 3.63) is 24.0 Å². The number of nitrogens with zero attached hydrogens (tertiary/aromatic N) is 2. The van der Waals surface area contributed by atoms with Gasteiger partial charge >= 0.3 is 0 Å². The van der Waals surface area contributed by atoms with Crippen molar-refractivity contribution in [3.63, 3.8) is 0 Å². The van der Waals surface area contributed by atoms with Gasteiger partial charge in [0.05, 0.1) is 18.0 Å². The standard InChI is InChI=1S/C12H16N2O/c1-9-12(4-3-7-13-9)14-10(2)15-8-11-5-6-11/h3-4,7,11H,5-6,8H2,1-2H3. The van der Waals surface area contributed by atoms with Crippen molar-refractivity contribution in [2.24, 2.45) is 10.9 Å². The second-order valence-electron chi connectivity index (χ2n) is 3.99. The maximum Gasteiger partial charge on any atom is 0.185 e. The van der Waals surface area contributed by atoms with Crippen molar-refractivity contribution < 1.29 is 4.74 Å². The predicted octanol–water partition coefficient (Wildman–Crippen LogP) is 2.87. The number of aromatic nitrogens is 1. The van der Waals surface area contributed by atoms with E-state index in [-0.39, 0.29) is 0 Å². The van der Waals surface area contributed by atoms with Gasteiger partial charge in [0.1, 0.15) is 0 Å². The van der Waals surface area contributed by atoms with E-state index in [4.69, 9.17) is 4.74 Å². The number of aryl methyl sites for hydroxylation is 1. The zero-order valence-corrected chi connectivity index (χ0v) is 9.23. The quantitative estimate of drug-likeness (QED) is 0.560. The molecular weight excluding hydrogens is 188 g/mol. The lowest BCUT2D eigenvalue weighted by atomic mass is 10.3. The van der Waals surface area contributed by atoms with Gasteiger partial charge in [-0.15, -0.1) is 0 Å². The highest BCUT2D eigenvalue weighted by Gasteiger charge is 2.21. The van der Waals surface area contributed by atoms with E-state index in [0.717, 1.165) is 29.8 Å². The molecule has 0 amide bonds. The Labute approximate surface area is 90.2 Å². The Balaban J connectivity index is 1.97. The lowest BCUT2D eigenvalue weighted by Crippen LogP contribution is -2.02. The maximum atomic E-state index is 5.55. The normalized spacial score (nSPS) is 16.5. The summed E-state index contributed by atoms with van der Waals surface area (Å²) >= 11 is 0. The topological polar surface area (TPSA) is 34.5 Å². The van der Waals surface area contributed by atoms with E-state index in [0.29, 0.717) is 0 Å². The first kappa shape index (κ1) is 10.1. The van der Waals surface area contributed by atoms with Gasteiger partial charge in [0.15, 0.2) is 5.90 Å². The van der Waals surface area contributed by atoms with Crippen LogP contribution in [0.2, 0.25) is 0 Å². The summed E-state index contributed by atoms with van der Waals surface area (Å²) < 4.78 is 5.55. The van der Waals surface area contributed by atoms with Crippen molar-refractivity contribution in [2.45, 2.75) is 26.7 Å². The van der Waals surface area contributed by atoms with Crippen LogP contribution in [0.15, 0.2) is 23.3 Å². The van der Waals surface area contributed by atoms with Crippen LogP contribution in [0.25, 0.3) is 0 Å². The van der Waals surface area contributed by atoms with Gasteiger partial charge < -0.3 is 4.74 Å². The van der Waals surface area contributed by atoms with Crippen molar-refractivity contribution in [1.82, 2.24) is 4.98 Å². The minimum absolute atomic E-state index is 0.734. The highest BCUT2D eigenvalue weighted by Crippen LogP contribution is 2.29. The largest absolute Gasteiger partial charge is 0.481 e. The maximum absolute atomic E-state index is 5.55. The average Bonchev–Trinajstić information content (AvgIpc) is 3.02. The van der Waals surface area contributed by atoms with Crippen LogP contribution in [0.5, 0.6) is 0 Å². The van der Waals surface area contributed by atoms with Crippen LogP contribution in [-0.4, -0.2) is 17.5 Å². The van der Waals surface area contributed by atoms with Gasteiger partial charge in [0.2, 0.25) is 0 Å². The van der Waals surface area contributed by atoms with Crippen molar-refractivity contribution in [1.29, 1.82) is 0 Å². The summed E-state index contributed by atoms with van der Waals surface area (Å²) in [7, 11) is 0. The van der Waals surface area contributed by atoms with Crippen molar-refractivity contribution in [2.75, 3.05) is 6.61 Å². The summed E-state index contributed by atoms with van der Waals surface area (Å²) in [6, 6.07) is 3.84. The van der Waals surface area contributed by atoms with Crippen LogP contribution in [0.3, 0.4) is 0 Å². The van der Waals surface area contributed by atoms with E-state index in [2.05, 4.69) is 9.98 Å². The van der Waals surface area contributed by atoms with Gasteiger partial charge in [-0.25, -0.2) is 4.99 Å². The summed E-state index contributed by atoms with van der Waals surface area (Å²) in [5.74, 6) is 1.50. The Bertz CT molecular complexity index is 370. The SMILES string of the molecule is CC(=Nc1cccnc1C)OCC1CC1. The van der Waals surface area contributed by atoms with Gasteiger partial charge in [0, 0.05) is 13.1 Å². The Kier molecular flexibility index (Phi) is 2.99. The summed E-state index contributed by atoms with van der Waals surface area (Å²) in [6.45, 7) is 4.66. The molecule has 0 unspecified atom stereocenters. The molecule has 0 radical (unpaired) electrons. The first-order chi connectivity index (χ1) is 7.25. The van der Waals surface area contributed by atoms with Crippen LogP contribution in [0.4, 0.5) is 5.69 Å². The predicted molar refractivity (Wildman–Crippen MR) is 60.4 cm³/mol. The third-order valence-corrected chi connectivity index (χ3v) is 2.48. The Hall–Kier alpha value is -1.38. The van der Waals surface area contributed by atoms with Crippen LogP contribution >= 0.6 is 0 Å². The lowest BCUT2D eigenvalue weighted by Gasteiger charge is -2.04. The molecule has 0 spiro atoms. The molecule has 0 aliphatic heterocycles. The molecule has 1 saturated carbocycles. The van der Waals surface area contributed by atoms with Gasteiger partial charge in [-0.05, 0) is 37.8 Å². The average molecular weight is 204 g/mol. The molecule has 1 fully saturated rings. The molecule has 0 aromatic carbocycles. The third kappa shape index (κ3) is 3.05. The van der Waals surface area contributed by atoms with Crippen LogP contribution < -0.4 is 0 Å². The molecule has 0 N–H and O–H groups in total. The number of aliphatic imine (C=N–C) groups is 1. The molecule has 2 rings (SSSR count). The van der Waals surface area contributed by atoms with E-state index in [1.54, 1.807) is 6.20 Å². The first-order valence-corrected chi connectivity index (χ1v) is 5.35. The van der Waals surface area contributed by atoms with Gasteiger partial charge in [-0.1, -0.05) is 0 Å². The molecule has 15 heavy (non-hydrogen) atoms. The lowest BCUT2D eigenvalue weighted by molar-refractivity contribution is 0.285. The number of ether oxygens (including phenoxy) is 1. The third-order valence-electron chi connectivity index (χ3n) is 2.48. The van der Waals surface area contributed by atoms with Crippen LogP contribution in [-0.2, 0) is 4.74 Å². The molecule has 1 heterocycles. The Morgan fingerprint density at radius 2 is 2.40 bits per heavy atom. The zero-order chi connectivity index (χ0) is 10.7. The molecule has 0 saturated heterocycles. The van der Waals surface area contributed by atoms with E-state index in [1.807, 2.05) is 26.0 Å². The number of pyridine rings is 1. The summed E-state index contributed by atoms with van der Waals surface area (Å²) in [5, 5.41) is 0. The van der Waals surface area contributed by atoms with E-state index < -0.39 is 0 Å². The molecule has 1 aliphatic rings. The molecule has 1 aliphatic carbocycles. The fourth-order valence-electron chi connectivity index (χ4n) is 1.32. The van der Waals surface area contributed by atoms with E-state index in [1.165, 1.54) is 12.8 Å². The molecule has 0 bridgehead atoms. The minimum atomic E-state index is 0.734. The monoisotopic (exact) mass is 204 g/mol. The number of rotatable bonds is 3. The van der Waals surface area contributed by atoms with Crippen molar-refractivity contribution in [3.8, 4) is 0 Å². The minimum Gasteiger partial charge on any atom is -0.481 e. The van der Waals surface area contributed by atoms with E-state index in [9.17, 15) is 0 Å². The van der Waals surface area contributed by atoms with Gasteiger partial charge in [-0.3, -0.25) is 4.98 Å². The van der Waals surface area contributed by atoms with Gasteiger partial charge in [0.25, 0.3) is 0 Å². The molecular formula is C12H16N2O. The summed E-state index contributed by atoms with van der Waals surface area (Å²) in [6.07, 6.45) is 4.38. The highest BCUT2D eigenvalue weighted by molar-refractivity contribution is 5.77. The summed E-state index contributed by atoms with van der Waals surface area (Å²) in [5.41, 5.74) is 1.83. The molecule has 3 nitrogen and oxygen atoms in total. The molecule has 1 aromatic rings. The molecule has 1 aromatic heterocycles. The second-order valence-corrected chi connectivity index (χ2v) is 3.99. The van der Waals surface area contributed by atoms with Gasteiger partial charge in [-0.2, -0.15) is 0 Å². The van der Waals surface area contributed by atoms with Crippen molar-refractivity contribution >= 4 is 11.6 Å². The zero-order valence-electron chi connectivity index (χ0n) is 9.23. The molecule has 0 atom stereocenters. The fraction of sp³-hybridized carbons (Fsp3) is 0.500. The Morgan fingerprint density at radius 3 is 3.07 bits per heavy atom. The van der Waals surface area contributed by atoms with Crippen LogP contribution in [0.1, 0.15) is 25.5 Å². The number of hydrogen-bond donors (Lipinski definition) is 0. The molecule has 80 valence electrons.